The number of carbonyl (C=O) groups is 2. The Bertz CT molecular complexity index is 347. The van der Waals surface area contributed by atoms with Gasteiger partial charge in [0.25, 0.3) is 0 Å². The van der Waals surface area contributed by atoms with Gasteiger partial charge in [-0.05, 0) is 32.6 Å². The van der Waals surface area contributed by atoms with E-state index in [0.717, 1.165) is 6.08 Å². The number of rotatable bonds is 4. The Kier molecular flexibility index (Phi) is 6.06. The van der Waals surface area contributed by atoms with E-state index >= 15 is 0 Å². The van der Waals surface area contributed by atoms with Gasteiger partial charge in [0, 0.05) is 6.08 Å². The zero-order valence-corrected chi connectivity index (χ0v) is 12.6. The summed E-state index contributed by atoms with van der Waals surface area (Å²) >= 11 is 0. The van der Waals surface area contributed by atoms with Crippen molar-refractivity contribution >= 4 is 12.1 Å². The third-order valence-electron chi connectivity index (χ3n) is 2.01. The number of carboxylic acid groups (broad SMARTS) is 1. The van der Waals surface area contributed by atoms with Crippen LogP contribution in [0.2, 0.25) is 0 Å². The molecule has 0 saturated carbocycles. The van der Waals surface area contributed by atoms with Crippen molar-refractivity contribution in [3.63, 3.8) is 0 Å². The molecule has 1 amide bonds. The first-order chi connectivity index (χ1) is 8.39. The lowest BCUT2D eigenvalue weighted by atomic mass is 9.88. The van der Waals surface area contributed by atoms with Crippen LogP contribution in [0, 0.1) is 5.41 Å². The molecule has 19 heavy (non-hydrogen) atoms. The van der Waals surface area contributed by atoms with E-state index in [1.807, 2.05) is 20.8 Å². The number of amides is 1. The summed E-state index contributed by atoms with van der Waals surface area (Å²) in [6.07, 6.45) is 2.58. The van der Waals surface area contributed by atoms with Gasteiger partial charge in [-0.3, -0.25) is 0 Å². The number of aliphatic carboxylic acids is 1. The van der Waals surface area contributed by atoms with Crippen molar-refractivity contribution in [2.45, 2.75) is 59.6 Å². The van der Waals surface area contributed by atoms with Crippen LogP contribution >= 0.6 is 0 Å². The van der Waals surface area contributed by atoms with Crippen molar-refractivity contribution in [2.75, 3.05) is 0 Å². The van der Waals surface area contributed by atoms with Gasteiger partial charge in [-0.1, -0.05) is 26.8 Å². The highest BCUT2D eigenvalue weighted by Crippen LogP contribution is 2.21. The van der Waals surface area contributed by atoms with Crippen molar-refractivity contribution < 1.29 is 19.4 Å². The minimum atomic E-state index is -1.04. The van der Waals surface area contributed by atoms with Crippen LogP contribution in [0.3, 0.4) is 0 Å². The number of nitrogens with one attached hydrogen (secondary N) is 1. The number of ether oxygens (including phenoxy) is 1. The highest BCUT2D eigenvalue weighted by molar-refractivity contribution is 5.80. The van der Waals surface area contributed by atoms with Crippen LogP contribution in [0.1, 0.15) is 48.0 Å². The van der Waals surface area contributed by atoms with Crippen molar-refractivity contribution in [1.29, 1.82) is 0 Å². The van der Waals surface area contributed by atoms with Gasteiger partial charge in [0.1, 0.15) is 5.60 Å². The maximum absolute atomic E-state index is 11.7. The quantitative estimate of drug-likeness (QED) is 0.771. The molecular weight excluding hydrogens is 246 g/mol. The zero-order chi connectivity index (χ0) is 15.3. The molecule has 0 aliphatic carbocycles. The summed E-state index contributed by atoms with van der Waals surface area (Å²) in [5, 5.41) is 11.3. The molecular formula is C14H25NO4. The molecule has 0 aromatic heterocycles. The van der Waals surface area contributed by atoms with Crippen LogP contribution in [-0.4, -0.2) is 28.8 Å². The fraction of sp³-hybridized carbons (Fsp3) is 0.714. The van der Waals surface area contributed by atoms with Crippen LogP contribution in [0.5, 0.6) is 0 Å². The topological polar surface area (TPSA) is 75.6 Å². The monoisotopic (exact) mass is 271 g/mol. The number of hydrogen-bond donors (Lipinski definition) is 2. The van der Waals surface area contributed by atoms with Gasteiger partial charge in [0.15, 0.2) is 0 Å². The number of alkyl carbamates (subject to hydrolysis) is 1. The summed E-state index contributed by atoms with van der Waals surface area (Å²) in [6.45, 7) is 11.4. The third kappa shape index (κ3) is 11.3. The van der Waals surface area contributed by atoms with Gasteiger partial charge in [0.2, 0.25) is 0 Å². The van der Waals surface area contributed by atoms with Crippen molar-refractivity contribution in [3.05, 3.63) is 12.2 Å². The highest BCUT2D eigenvalue weighted by Gasteiger charge is 2.22. The van der Waals surface area contributed by atoms with E-state index in [0.29, 0.717) is 6.42 Å². The Labute approximate surface area is 115 Å². The summed E-state index contributed by atoms with van der Waals surface area (Å²) in [6, 6.07) is -0.369. The third-order valence-corrected chi connectivity index (χ3v) is 2.01. The number of hydrogen-bond acceptors (Lipinski definition) is 3. The average Bonchev–Trinajstić information content (AvgIpc) is 2.08. The molecule has 0 heterocycles. The molecule has 5 nitrogen and oxygen atoms in total. The predicted molar refractivity (Wildman–Crippen MR) is 74.0 cm³/mol. The molecule has 0 aliphatic rings. The summed E-state index contributed by atoms with van der Waals surface area (Å²) < 4.78 is 5.16. The van der Waals surface area contributed by atoms with Crippen molar-refractivity contribution in [2.24, 2.45) is 5.41 Å². The van der Waals surface area contributed by atoms with Gasteiger partial charge in [0.05, 0.1) is 6.04 Å². The van der Waals surface area contributed by atoms with Crippen LogP contribution in [0.25, 0.3) is 0 Å². The van der Waals surface area contributed by atoms with Crippen LogP contribution < -0.4 is 5.32 Å². The predicted octanol–water partition coefficient (Wildman–Crippen LogP) is 2.96. The summed E-state index contributed by atoms with van der Waals surface area (Å²) in [7, 11) is 0. The van der Waals surface area contributed by atoms with Gasteiger partial charge in [-0.15, -0.1) is 0 Å². The molecule has 0 rings (SSSR count). The Morgan fingerprint density at radius 2 is 1.74 bits per heavy atom. The molecule has 0 spiro atoms. The molecule has 0 aromatic rings. The van der Waals surface area contributed by atoms with E-state index in [-0.39, 0.29) is 11.5 Å². The van der Waals surface area contributed by atoms with Crippen LogP contribution in [-0.2, 0) is 9.53 Å². The molecule has 2 N–H and O–H groups in total. The second-order valence-corrected chi connectivity index (χ2v) is 6.71. The summed E-state index contributed by atoms with van der Waals surface area (Å²) in [4.78, 5) is 22.2. The average molecular weight is 271 g/mol. The fourth-order valence-electron chi connectivity index (χ4n) is 1.48. The first-order valence-electron chi connectivity index (χ1n) is 6.30. The second kappa shape index (κ2) is 6.59. The number of carbonyl (C=O) groups excluding carboxylic acids is 1. The molecule has 0 fully saturated rings. The Morgan fingerprint density at radius 3 is 2.11 bits per heavy atom. The molecule has 0 radical (unpaired) electrons. The normalized spacial score (nSPS) is 14.2. The minimum absolute atomic E-state index is 0.0392. The summed E-state index contributed by atoms with van der Waals surface area (Å²) in [5.41, 5.74) is -0.616. The van der Waals surface area contributed by atoms with Gasteiger partial charge in [-0.2, -0.15) is 0 Å². The van der Waals surface area contributed by atoms with Crippen molar-refractivity contribution in [1.82, 2.24) is 5.32 Å². The fourth-order valence-corrected chi connectivity index (χ4v) is 1.48. The minimum Gasteiger partial charge on any atom is -0.478 e. The largest absolute Gasteiger partial charge is 0.478 e. The smallest absolute Gasteiger partial charge is 0.408 e. The molecule has 0 unspecified atom stereocenters. The Hall–Kier alpha value is -1.52. The first-order valence-corrected chi connectivity index (χ1v) is 6.30. The van der Waals surface area contributed by atoms with E-state index in [1.165, 1.54) is 6.08 Å². The summed E-state index contributed by atoms with van der Waals surface area (Å²) in [5.74, 6) is -1.04. The molecule has 0 bridgehead atoms. The van der Waals surface area contributed by atoms with E-state index in [9.17, 15) is 9.59 Å². The maximum Gasteiger partial charge on any atom is 0.408 e. The van der Waals surface area contributed by atoms with E-state index in [2.05, 4.69) is 5.32 Å². The molecule has 0 aromatic carbocycles. The van der Waals surface area contributed by atoms with E-state index < -0.39 is 17.7 Å². The Morgan fingerprint density at radius 1 is 1.21 bits per heavy atom. The lowest BCUT2D eigenvalue weighted by molar-refractivity contribution is -0.131. The lowest BCUT2D eigenvalue weighted by Crippen LogP contribution is -2.40. The SMILES string of the molecule is CC(C)(C)C[C@@H](C=CC(=O)O)NC(=O)OC(C)(C)C. The van der Waals surface area contributed by atoms with Crippen LogP contribution in [0.15, 0.2) is 12.2 Å². The van der Waals surface area contributed by atoms with Crippen LogP contribution in [0.4, 0.5) is 4.79 Å². The van der Waals surface area contributed by atoms with Crippen molar-refractivity contribution in [3.8, 4) is 0 Å². The molecule has 0 saturated heterocycles. The lowest BCUT2D eigenvalue weighted by Gasteiger charge is -2.26. The maximum atomic E-state index is 11.7. The Balaban J connectivity index is 4.67. The molecule has 5 heteroatoms. The van der Waals surface area contributed by atoms with E-state index in [1.54, 1.807) is 20.8 Å². The van der Waals surface area contributed by atoms with Gasteiger partial charge >= 0.3 is 12.1 Å². The van der Waals surface area contributed by atoms with Gasteiger partial charge in [-0.25, -0.2) is 9.59 Å². The van der Waals surface area contributed by atoms with Gasteiger partial charge < -0.3 is 15.2 Å². The first kappa shape index (κ1) is 17.5. The molecule has 1 atom stereocenters. The zero-order valence-electron chi connectivity index (χ0n) is 12.6. The second-order valence-electron chi connectivity index (χ2n) is 6.71. The molecule has 110 valence electrons. The highest BCUT2D eigenvalue weighted by atomic mass is 16.6. The molecule has 0 aliphatic heterocycles. The number of carboxylic acids is 1. The van der Waals surface area contributed by atoms with E-state index in [4.69, 9.17) is 9.84 Å². The standard InChI is InChI=1S/C14H25NO4/c1-13(2,3)9-10(7-8-11(16)17)15-12(18)19-14(4,5)6/h7-8,10H,9H2,1-6H3,(H,15,18)(H,16,17)/t10-/m1/s1.